The largest absolute Gasteiger partial charge is 0.493 e. The summed E-state index contributed by atoms with van der Waals surface area (Å²) in [6.07, 6.45) is 0. The van der Waals surface area contributed by atoms with Gasteiger partial charge in [0.15, 0.2) is 11.5 Å². The van der Waals surface area contributed by atoms with Gasteiger partial charge in [0.25, 0.3) is 0 Å². The average Bonchev–Trinajstić information content (AvgIpc) is 2.45. The molecule has 1 unspecified atom stereocenters. The molecule has 0 amide bonds. The molecule has 0 heterocycles. The number of hydrogen-bond donors (Lipinski definition) is 1. The van der Waals surface area contributed by atoms with Crippen LogP contribution in [0, 0.1) is 12.7 Å². The summed E-state index contributed by atoms with van der Waals surface area (Å²) in [4.78, 5) is 0. The van der Waals surface area contributed by atoms with Crippen molar-refractivity contribution >= 4 is 11.6 Å². The van der Waals surface area contributed by atoms with Crippen molar-refractivity contribution in [2.45, 2.75) is 13.0 Å². The fourth-order valence-corrected chi connectivity index (χ4v) is 2.53. The van der Waals surface area contributed by atoms with Crippen molar-refractivity contribution in [1.29, 1.82) is 0 Å². The molecule has 5 heteroatoms. The lowest BCUT2D eigenvalue weighted by Crippen LogP contribution is -2.14. The van der Waals surface area contributed by atoms with E-state index in [2.05, 4.69) is 0 Å². The monoisotopic (exact) mass is 309 g/mol. The highest BCUT2D eigenvalue weighted by Crippen LogP contribution is 2.34. The van der Waals surface area contributed by atoms with Gasteiger partial charge in [-0.25, -0.2) is 4.39 Å². The predicted octanol–water partition coefficient (Wildman–Crippen LogP) is 3.85. The van der Waals surface area contributed by atoms with Crippen LogP contribution >= 0.6 is 11.6 Å². The SMILES string of the molecule is COc1cc(F)c(C(N)c2cc(C)cc(Cl)c2)cc1OC. The number of ether oxygens (including phenoxy) is 2. The third-order valence-electron chi connectivity index (χ3n) is 3.26. The molecule has 2 N–H and O–H groups in total. The van der Waals surface area contributed by atoms with E-state index in [1.54, 1.807) is 12.1 Å². The number of aryl methyl sites for hydroxylation is 1. The van der Waals surface area contributed by atoms with E-state index < -0.39 is 11.9 Å². The Bertz CT molecular complexity index is 641. The Balaban J connectivity index is 2.49. The van der Waals surface area contributed by atoms with Crippen LogP contribution in [0.5, 0.6) is 11.5 Å². The maximum absolute atomic E-state index is 14.2. The standard InChI is InChI=1S/C16H17ClFNO2/c1-9-4-10(6-11(17)5-9)16(19)12-7-14(20-2)15(21-3)8-13(12)18/h4-8,16H,19H2,1-3H3. The molecule has 2 rings (SSSR count). The number of nitrogens with two attached hydrogens (primary N) is 1. The molecule has 21 heavy (non-hydrogen) atoms. The summed E-state index contributed by atoms with van der Waals surface area (Å²) in [6, 6.07) is 7.62. The molecule has 0 bridgehead atoms. The van der Waals surface area contributed by atoms with Gasteiger partial charge in [-0.05, 0) is 36.2 Å². The Morgan fingerprint density at radius 2 is 1.67 bits per heavy atom. The first kappa shape index (κ1) is 15.6. The van der Waals surface area contributed by atoms with E-state index in [1.807, 2.05) is 19.1 Å². The number of hydrogen-bond acceptors (Lipinski definition) is 3. The molecule has 0 fully saturated rings. The highest BCUT2D eigenvalue weighted by molar-refractivity contribution is 6.30. The minimum atomic E-state index is -0.637. The smallest absolute Gasteiger partial charge is 0.163 e. The van der Waals surface area contributed by atoms with Crippen molar-refractivity contribution in [2.24, 2.45) is 5.73 Å². The van der Waals surface area contributed by atoms with E-state index in [0.717, 1.165) is 11.1 Å². The van der Waals surface area contributed by atoms with Crippen LogP contribution in [-0.4, -0.2) is 14.2 Å². The summed E-state index contributed by atoms with van der Waals surface area (Å²) in [7, 11) is 2.95. The Morgan fingerprint density at radius 3 is 2.24 bits per heavy atom. The summed E-state index contributed by atoms with van der Waals surface area (Å²) in [5, 5.41) is 0.571. The Kier molecular flexibility index (Phi) is 4.70. The highest BCUT2D eigenvalue weighted by atomic mass is 35.5. The third kappa shape index (κ3) is 3.28. The molecule has 0 aliphatic heterocycles. The Labute approximate surface area is 128 Å². The predicted molar refractivity (Wildman–Crippen MR) is 81.7 cm³/mol. The van der Waals surface area contributed by atoms with Crippen molar-refractivity contribution in [2.75, 3.05) is 14.2 Å². The van der Waals surface area contributed by atoms with Gasteiger partial charge < -0.3 is 15.2 Å². The summed E-state index contributed by atoms with van der Waals surface area (Å²) in [6.45, 7) is 1.91. The van der Waals surface area contributed by atoms with E-state index in [1.165, 1.54) is 20.3 Å². The summed E-state index contributed by atoms with van der Waals surface area (Å²) in [5.74, 6) is 0.314. The van der Waals surface area contributed by atoms with Crippen LogP contribution in [0.1, 0.15) is 22.7 Å². The van der Waals surface area contributed by atoms with Gasteiger partial charge in [0, 0.05) is 16.7 Å². The van der Waals surface area contributed by atoms with E-state index in [0.29, 0.717) is 22.1 Å². The first-order valence-electron chi connectivity index (χ1n) is 6.40. The van der Waals surface area contributed by atoms with Crippen LogP contribution in [-0.2, 0) is 0 Å². The summed E-state index contributed by atoms with van der Waals surface area (Å²) in [5.41, 5.74) is 8.21. The molecule has 2 aromatic rings. The molecule has 0 aromatic heterocycles. The Morgan fingerprint density at radius 1 is 1.05 bits per heavy atom. The van der Waals surface area contributed by atoms with Crippen LogP contribution in [0.2, 0.25) is 5.02 Å². The van der Waals surface area contributed by atoms with Gasteiger partial charge in [0.05, 0.1) is 20.3 Å². The van der Waals surface area contributed by atoms with Crippen LogP contribution in [0.4, 0.5) is 4.39 Å². The molecule has 0 aliphatic rings. The number of rotatable bonds is 4. The van der Waals surface area contributed by atoms with E-state index in [4.69, 9.17) is 26.8 Å². The molecular weight excluding hydrogens is 293 g/mol. The first-order chi connectivity index (χ1) is 9.96. The van der Waals surface area contributed by atoms with E-state index >= 15 is 0 Å². The number of halogens is 2. The minimum absolute atomic E-state index is 0.327. The van der Waals surface area contributed by atoms with Gasteiger partial charge in [-0.15, -0.1) is 0 Å². The quantitative estimate of drug-likeness (QED) is 0.933. The number of methoxy groups -OCH3 is 2. The van der Waals surface area contributed by atoms with Crippen molar-refractivity contribution in [3.8, 4) is 11.5 Å². The van der Waals surface area contributed by atoms with Crippen LogP contribution in [0.25, 0.3) is 0 Å². The van der Waals surface area contributed by atoms with Gasteiger partial charge >= 0.3 is 0 Å². The molecule has 0 saturated carbocycles. The zero-order valence-electron chi connectivity index (χ0n) is 12.1. The lowest BCUT2D eigenvalue weighted by molar-refractivity contribution is 0.351. The second kappa shape index (κ2) is 6.33. The van der Waals surface area contributed by atoms with Crippen molar-refractivity contribution in [1.82, 2.24) is 0 Å². The van der Waals surface area contributed by atoms with Crippen molar-refractivity contribution in [3.63, 3.8) is 0 Å². The lowest BCUT2D eigenvalue weighted by atomic mass is 9.97. The second-order valence-electron chi connectivity index (χ2n) is 4.77. The number of benzene rings is 2. The zero-order chi connectivity index (χ0) is 15.6. The molecule has 3 nitrogen and oxygen atoms in total. The van der Waals surface area contributed by atoms with Gasteiger partial charge in [-0.3, -0.25) is 0 Å². The summed E-state index contributed by atoms with van der Waals surface area (Å²) < 4.78 is 24.5. The molecule has 0 spiro atoms. The fourth-order valence-electron chi connectivity index (χ4n) is 2.23. The molecule has 0 radical (unpaired) electrons. The van der Waals surface area contributed by atoms with Gasteiger partial charge in [0.1, 0.15) is 5.82 Å². The van der Waals surface area contributed by atoms with Crippen LogP contribution in [0.3, 0.4) is 0 Å². The van der Waals surface area contributed by atoms with Crippen LogP contribution in [0.15, 0.2) is 30.3 Å². The van der Waals surface area contributed by atoms with Crippen LogP contribution < -0.4 is 15.2 Å². The lowest BCUT2D eigenvalue weighted by Gasteiger charge is -2.17. The first-order valence-corrected chi connectivity index (χ1v) is 6.78. The van der Waals surface area contributed by atoms with Gasteiger partial charge in [0.2, 0.25) is 0 Å². The second-order valence-corrected chi connectivity index (χ2v) is 5.20. The summed E-state index contributed by atoms with van der Waals surface area (Å²) >= 11 is 6.03. The molecule has 0 saturated heterocycles. The molecule has 112 valence electrons. The topological polar surface area (TPSA) is 44.5 Å². The minimum Gasteiger partial charge on any atom is -0.493 e. The molecular formula is C16H17ClFNO2. The van der Waals surface area contributed by atoms with Crippen molar-refractivity contribution < 1.29 is 13.9 Å². The maximum atomic E-state index is 14.2. The fraction of sp³-hybridized carbons (Fsp3) is 0.250. The normalized spacial score (nSPS) is 12.1. The van der Waals surface area contributed by atoms with Crippen molar-refractivity contribution in [3.05, 3.63) is 57.9 Å². The van der Waals surface area contributed by atoms with E-state index in [-0.39, 0.29) is 0 Å². The average molecular weight is 310 g/mol. The zero-order valence-corrected chi connectivity index (χ0v) is 12.9. The Hall–Kier alpha value is -1.78. The van der Waals surface area contributed by atoms with E-state index in [9.17, 15) is 4.39 Å². The highest BCUT2D eigenvalue weighted by Gasteiger charge is 2.18. The third-order valence-corrected chi connectivity index (χ3v) is 3.48. The molecule has 2 aromatic carbocycles. The van der Waals surface area contributed by atoms with Gasteiger partial charge in [-0.1, -0.05) is 17.7 Å². The molecule has 0 aliphatic carbocycles. The maximum Gasteiger partial charge on any atom is 0.163 e. The molecule has 1 atom stereocenters. The van der Waals surface area contributed by atoms with Gasteiger partial charge in [-0.2, -0.15) is 0 Å².